The Morgan fingerprint density at radius 3 is 2.52 bits per heavy atom. The van der Waals surface area contributed by atoms with Crippen LogP contribution in [0.2, 0.25) is 0 Å². The lowest BCUT2D eigenvalue weighted by Crippen LogP contribution is -2.37. The van der Waals surface area contributed by atoms with Crippen LogP contribution in [0.3, 0.4) is 0 Å². The molecule has 0 saturated carbocycles. The van der Waals surface area contributed by atoms with Gasteiger partial charge in [-0.05, 0) is 49.8 Å². The molecule has 164 valence electrons. The highest BCUT2D eigenvalue weighted by atomic mass is 127. The predicted molar refractivity (Wildman–Crippen MR) is 128 cm³/mol. The predicted octanol–water partition coefficient (Wildman–Crippen LogP) is 2.78. The number of nitrogens with one attached hydrogen (secondary N) is 3. The van der Waals surface area contributed by atoms with Gasteiger partial charge in [-0.15, -0.1) is 24.0 Å². The molecule has 0 spiro atoms. The Balaban J connectivity index is 0.00000420. The molecule has 0 aromatic heterocycles. The van der Waals surface area contributed by atoms with E-state index in [2.05, 4.69) is 26.4 Å². The highest BCUT2D eigenvalue weighted by Gasteiger charge is 2.13. The molecule has 0 aliphatic heterocycles. The number of halogens is 1. The highest BCUT2D eigenvalue weighted by molar-refractivity contribution is 14.0. The van der Waals surface area contributed by atoms with Crippen molar-refractivity contribution in [3.05, 3.63) is 41.5 Å². The van der Waals surface area contributed by atoms with Gasteiger partial charge in [0.1, 0.15) is 0 Å². The molecule has 9 heteroatoms. The summed E-state index contributed by atoms with van der Waals surface area (Å²) in [4.78, 5) is 4.49. The molecular weight excluding hydrogens is 503 g/mol. The third-order valence-corrected chi connectivity index (χ3v) is 6.12. The number of methoxy groups -OCH3 is 1. The lowest BCUT2D eigenvalue weighted by Gasteiger charge is -2.15. The van der Waals surface area contributed by atoms with E-state index in [0.29, 0.717) is 13.2 Å². The number of hydrogen-bond donors (Lipinski definition) is 3. The fraction of sp³-hybridized carbons (Fsp3) is 0.550. The second kappa shape index (κ2) is 13.9. The normalized spacial score (nSPS) is 14.7. The Morgan fingerprint density at radius 1 is 1.14 bits per heavy atom. The third kappa shape index (κ3) is 9.45. The molecule has 1 aromatic rings. The number of aliphatic imine (C=N–C) groups is 1. The number of benzene rings is 1. The van der Waals surface area contributed by atoms with Gasteiger partial charge in [0.05, 0.1) is 11.5 Å². The van der Waals surface area contributed by atoms with Crippen molar-refractivity contribution in [1.82, 2.24) is 15.4 Å². The largest absolute Gasteiger partial charge is 0.383 e. The summed E-state index contributed by atoms with van der Waals surface area (Å²) in [5.41, 5.74) is 2.51. The molecular formula is C20H33IN4O3S. The Bertz CT molecular complexity index is 764. The first-order chi connectivity index (χ1) is 13.5. The molecule has 7 nitrogen and oxygen atoms in total. The van der Waals surface area contributed by atoms with Crippen LogP contribution in [0.4, 0.5) is 0 Å². The molecule has 0 atom stereocenters. The van der Waals surface area contributed by atoms with E-state index >= 15 is 0 Å². The van der Waals surface area contributed by atoms with Gasteiger partial charge in [0.2, 0.25) is 10.0 Å². The third-order valence-electron chi connectivity index (χ3n) is 4.64. The first-order valence-electron chi connectivity index (χ1n) is 9.75. The Labute approximate surface area is 191 Å². The van der Waals surface area contributed by atoms with Crippen LogP contribution < -0.4 is 15.4 Å². The van der Waals surface area contributed by atoms with Crippen molar-refractivity contribution in [2.75, 3.05) is 33.9 Å². The maximum atomic E-state index is 12.2. The number of sulfonamides is 1. The van der Waals surface area contributed by atoms with Crippen LogP contribution in [0.25, 0.3) is 0 Å². The smallest absolute Gasteiger partial charge is 0.240 e. The van der Waals surface area contributed by atoms with Gasteiger partial charge in [0.15, 0.2) is 5.96 Å². The summed E-state index contributed by atoms with van der Waals surface area (Å²) in [7, 11) is -0.219. The van der Waals surface area contributed by atoms with Crippen LogP contribution in [-0.4, -0.2) is 48.2 Å². The summed E-state index contributed by atoms with van der Waals surface area (Å²) in [5.74, 6) is 0.745. The molecule has 29 heavy (non-hydrogen) atoms. The molecule has 1 aliphatic rings. The lowest BCUT2D eigenvalue weighted by molar-refractivity contribution is 0.204. The number of nitrogens with zero attached hydrogens (tertiary/aromatic N) is 1. The number of guanidine groups is 1. The molecule has 0 unspecified atom stereocenters. The fourth-order valence-electron chi connectivity index (χ4n) is 3.03. The second-order valence-corrected chi connectivity index (χ2v) is 8.51. The van der Waals surface area contributed by atoms with Crippen molar-refractivity contribution in [2.45, 2.75) is 43.5 Å². The van der Waals surface area contributed by atoms with Crippen LogP contribution in [-0.2, 0) is 21.3 Å². The number of hydrogen-bond acceptors (Lipinski definition) is 4. The van der Waals surface area contributed by atoms with E-state index in [1.807, 2.05) is 0 Å². The van der Waals surface area contributed by atoms with Crippen molar-refractivity contribution in [2.24, 2.45) is 4.99 Å². The molecule has 0 bridgehead atoms. The number of allylic oxidation sites excluding steroid dienone is 1. The van der Waals surface area contributed by atoms with E-state index in [1.165, 1.54) is 38.4 Å². The minimum atomic E-state index is -3.50. The standard InChI is InChI=1S/C20H32N4O3S.HI/c1-21-20(22-13-12-17-6-4-3-5-7-17)23-16-18-8-10-19(11-9-18)28(25,26)24-14-15-27-2;/h6,8-11,24H,3-5,7,12-16H2,1-2H3,(H2,21,22,23);1H. The van der Waals surface area contributed by atoms with E-state index in [0.717, 1.165) is 24.5 Å². The van der Waals surface area contributed by atoms with E-state index in [4.69, 9.17) is 4.74 Å². The average Bonchev–Trinajstić information content (AvgIpc) is 2.72. The molecule has 0 fully saturated rings. The molecule has 0 amide bonds. The van der Waals surface area contributed by atoms with Gasteiger partial charge in [-0.25, -0.2) is 13.1 Å². The van der Waals surface area contributed by atoms with E-state index in [1.54, 1.807) is 31.3 Å². The first kappa shape index (κ1) is 25.9. The van der Waals surface area contributed by atoms with E-state index < -0.39 is 10.0 Å². The molecule has 1 aromatic carbocycles. The fourth-order valence-corrected chi connectivity index (χ4v) is 4.04. The zero-order valence-corrected chi connectivity index (χ0v) is 20.4. The minimum Gasteiger partial charge on any atom is -0.383 e. The van der Waals surface area contributed by atoms with Crippen molar-refractivity contribution < 1.29 is 13.2 Å². The van der Waals surface area contributed by atoms with Crippen LogP contribution in [0.1, 0.15) is 37.7 Å². The van der Waals surface area contributed by atoms with Crippen molar-refractivity contribution >= 4 is 40.0 Å². The van der Waals surface area contributed by atoms with Crippen LogP contribution in [0.5, 0.6) is 0 Å². The number of rotatable bonds is 10. The quantitative estimate of drug-likeness (QED) is 0.141. The first-order valence-corrected chi connectivity index (χ1v) is 11.2. The van der Waals surface area contributed by atoms with Gasteiger partial charge in [-0.2, -0.15) is 0 Å². The van der Waals surface area contributed by atoms with Crippen molar-refractivity contribution in [3.63, 3.8) is 0 Å². The maximum absolute atomic E-state index is 12.2. The molecule has 1 aliphatic carbocycles. The average molecular weight is 536 g/mol. The van der Waals surface area contributed by atoms with Crippen LogP contribution in [0.15, 0.2) is 45.8 Å². The summed E-state index contributed by atoms with van der Waals surface area (Å²) in [5, 5.41) is 6.59. The highest BCUT2D eigenvalue weighted by Crippen LogP contribution is 2.19. The second-order valence-electron chi connectivity index (χ2n) is 6.75. The van der Waals surface area contributed by atoms with Crippen molar-refractivity contribution in [3.8, 4) is 0 Å². The van der Waals surface area contributed by atoms with Gasteiger partial charge >= 0.3 is 0 Å². The Kier molecular flexibility index (Phi) is 12.4. The summed E-state index contributed by atoms with van der Waals surface area (Å²) in [6.45, 7) is 2.02. The van der Waals surface area contributed by atoms with Gasteiger partial charge in [0, 0.05) is 33.8 Å². The SMILES string of the molecule is CN=C(NCCC1=CCCCC1)NCc1ccc(S(=O)(=O)NCCOC)cc1.I. The summed E-state index contributed by atoms with van der Waals surface area (Å²) < 4.78 is 31.7. The molecule has 0 saturated heterocycles. The maximum Gasteiger partial charge on any atom is 0.240 e. The van der Waals surface area contributed by atoms with E-state index in [-0.39, 0.29) is 35.4 Å². The number of ether oxygens (including phenoxy) is 1. The van der Waals surface area contributed by atoms with Gasteiger partial charge < -0.3 is 15.4 Å². The summed E-state index contributed by atoms with van der Waals surface area (Å²) in [6, 6.07) is 6.83. The topological polar surface area (TPSA) is 91.8 Å². The summed E-state index contributed by atoms with van der Waals surface area (Å²) >= 11 is 0. The Hall–Kier alpha value is -1.17. The van der Waals surface area contributed by atoms with E-state index in [9.17, 15) is 8.42 Å². The molecule has 2 rings (SSSR count). The minimum absolute atomic E-state index is 0. The van der Waals surface area contributed by atoms with Crippen LogP contribution >= 0.6 is 24.0 Å². The van der Waals surface area contributed by atoms with Crippen molar-refractivity contribution in [1.29, 1.82) is 0 Å². The Morgan fingerprint density at radius 2 is 1.90 bits per heavy atom. The molecule has 3 N–H and O–H groups in total. The van der Waals surface area contributed by atoms with Crippen LogP contribution in [0, 0.1) is 0 Å². The molecule has 0 heterocycles. The molecule has 0 radical (unpaired) electrons. The van der Waals surface area contributed by atoms with Gasteiger partial charge in [0.25, 0.3) is 0 Å². The lowest BCUT2D eigenvalue weighted by atomic mass is 9.97. The van der Waals surface area contributed by atoms with Gasteiger partial charge in [-0.3, -0.25) is 4.99 Å². The zero-order chi connectivity index (χ0) is 20.2. The summed E-state index contributed by atoms with van der Waals surface area (Å²) in [6.07, 6.45) is 8.43. The monoisotopic (exact) mass is 536 g/mol. The van der Waals surface area contributed by atoms with Gasteiger partial charge in [-0.1, -0.05) is 23.8 Å². The zero-order valence-electron chi connectivity index (χ0n) is 17.2.